The van der Waals surface area contributed by atoms with Crippen LogP contribution in [0.25, 0.3) is 0 Å². The van der Waals surface area contributed by atoms with Crippen LogP contribution in [0.2, 0.25) is 5.02 Å². The quantitative estimate of drug-likeness (QED) is 0.731. The minimum Gasteiger partial charge on any atom is -0.507 e. The highest BCUT2D eigenvalue weighted by atomic mass is 35.5. The first kappa shape index (κ1) is 22.3. The SMILES string of the molecule is O=c1occ(CN2CCCCCC2)c(O)c1CN1CCN(Cc2cccc(Cl)c2)CC1. The highest BCUT2D eigenvalue weighted by Gasteiger charge is 2.22. The van der Waals surface area contributed by atoms with Crippen LogP contribution >= 0.6 is 11.6 Å². The average Bonchev–Trinajstić information content (AvgIpc) is 3.03. The van der Waals surface area contributed by atoms with Gasteiger partial charge in [0.05, 0.1) is 5.56 Å². The molecule has 0 atom stereocenters. The monoisotopic (exact) mass is 445 g/mol. The van der Waals surface area contributed by atoms with Gasteiger partial charge < -0.3 is 9.52 Å². The van der Waals surface area contributed by atoms with Gasteiger partial charge in [-0.1, -0.05) is 36.6 Å². The Bertz CT molecular complexity index is 917. The average molecular weight is 446 g/mol. The highest BCUT2D eigenvalue weighted by Crippen LogP contribution is 2.24. The summed E-state index contributed by atoms with van der Waals surface area (Å²) in [6.07, 6.45) is 6.34. The Hall–Kier alpha value is -1.86. The van der Waals surface area contributed by atoms with Crippen molar-refractivity contribution in [1.82, 2.24) is 14.7 Å². The molecule has 168 valence electrons. The van der Waals surface area contributed by atoms with Gasteiger partial charge in [0.2, 0.25) is 0 Å². The van der Waals surface area contributed by atoms with Crippen molar-refractivity contribution in [2.45, 2.75) is 45.3 Å². The number of aromatic hydroxyl groups is 1. The molecule has 2 fully saturated rings. The maximum absolute atomic E-state index is 12.4. The number of hydrogen-bond donors (Lipinski definition) is 1. The van der Waals surface area contributed by atoms with Crippen molar-refractivity contribution < 1.29 is 9.52 Å². The zero-order valence-electron chi connectivity index (χ0n) is 18.1. The fraction of sp³-hybridized carbons (Fsp3) is 0.542. The molecule has 0 radical (unpaired) electrons. The molecular formula is C24H32ClN3O3. The van der Waals surface area contributed by atoms with Crippen molar-refractivity contribution in [1.29, 1.82) is 0 Å². The molecule has 0 amide bonds. The van der Waals surface area contributed by atoms with Gasteiger partial charge in [0.15, 0.2) is 0 Å². The summed E-state index contributed by atoms with van der Waals surface area (Å²) in [5.41, 5.74) is 1.88. The second kappa shape index (κ2) is 10.6. The third-order valence-electron chi connectivity index (χ3n) is 6.38. The van der Waals surface area contributed by atoms with E-state index < -0.39 is 5.63 Å². The van der Waals surface area contributed by atoms with E-state index in [0.717, 1.165) is 56.4 Å². The Morgan fingerprint density at radius 2 is 1.52 bits per heavy atom. The highest BCUT2D eigenvalue weighted by molar-refractivity contribution is 6.30. The molecule has 1 N–H and O–H groups in total. The predicted octanol–water partition coefficient (Wildman–Crippen LogP) is 3.69. The van der Waals surface area contributed by atoms with E-state index >= 15 is 0 Å². The maximum atomic E-state index is 12.4. The van der Waals surface area contributed by atoms with E-state index in [1.54, 1.807) is 0 Å². The lowest BCUT2D eigenvalue weighted by atomic mass is 10.1. The molecule has 4 rings (SSSR count). The number of benzene rings is 1. The van der Waals surface area contributed by atoms with Crippen LogP contribution < -0.4 is 5.63 Å². The Kier molecular flexibility index (Phi) is 7.67. The first-order valence-electron chi connectivity index (χ1n) is 11.3. The molecule has 0 aliphatic carbocycles. The predicted molar refractivity (Wildman–Crippen MR) is 122 cm³/mol. The molecule has 0 saturated carbocycles. The number of halogens is 1. The van der Waals surface area contributed by atoms with E-state index in [9.17, 15) is 9.90 Å². The smallest absolute Gasteiger partial charge is 0.343 e. The summed E-state index contributed by atoms with van der Waals surface area (Å²) in [6, 6.07) is 7.97. The van der Waals surface area contributed by atoms with Gasteiger partial charge >= 0.3 is 5.63 Å². The third-order valence-corrected chi connectivity index (χ3v) is 6.61. The van der Waals surface area contributed by atoms with E-state index in [1.165, 1.54) is 37.5 Å². The summed E-state index contributed by atoms with van der Waals surface area (Å²) in [5, 5.41) is 11.6. The molecule has 3 heterocycles. The Morgan fingerprint density at radius 1 is 0.871 bits per heavy atom. The van der Waals surface area contributed by atoms with Gasteiger partial charge in [0.1, 0.15) is 12.0 Å². The molecule has 2 aromatic rings. The lowest BCUT2D eigenvalue weighted by Crippen LogP contribution is -2.45. The number of hydrogen-bond acceptors (Lipinski definition) is 6. The van der Waals surface area contributed by atoms with Gasteiger partial charge in [-0.05, 0) is 43.6 Å². The summed E-state index contributed by atoms with van der Waals surface area (Å²) >= 11 is 6.10. The molecule has 31 heavy (non-hydrogen) atoms. The van der Waals surface area contributed by atoms with Crippen molar-refractivity contribution in [2.75, 3.05) is 39.3 Å². The molecule has 2 aliphatic rings. The number of likely N-dealkylation sites (tertiary alicyclic amines) is 1. The molecule has 0 spiro atoms. The summed E-state index contributed by atoms with van der Waals surface area (Å²) in [4.78, 5) is 19.3. The largest absolute Gasteiger partial charge is 0.507 e. The van der Waals surface area contributed by atoms with Crippen molar-refractivity contribution >= 4 is 11.6 Å². The number of piperazine rings is 1. The van der Waals surface area contributed by atoms with Crippen molar-refractivity contribution in [2.24, 2.45) is 0 Å². The van der Waals surface area contributed by atoms with Crippen molar-refractivity contribution in [3.8, 4) is 5.75 Å². The zero-order chi connectivity index (χ0) is 21.6. The fourth-order valence-corrected chi connectivity index (χ4v) is 4.76. The molecule has 6 nitrogen and oxygen atoms in total. The number of nitrogens with zero attached hydrogens (tertiary/aromatic N) is 3. The minimum absolute atomic E-state index is 0.113. The first-order valence-corrected chi connectivity index (χ1v) is 11.7. The molecule has 0 bridgehead atoms. The summed E-state index contributed by atoms with van der Waals surface area (Å²) in [7, 11) is 0. The van der Waals surface area contributed by atoms with Crippen LogP contribution in [0.5, 0.6) is 5.75 Å². The second-order valence-electron chi connectivity index (χ2n) is 8.75. The summed E-state index contributed by atoms with van der Waals surface area (Å²) in [6.45, 7) is 7.49. The third kappa shape index (κ3) is 6.10. The Morgan fingerprint density at radius 3 is 2.19 bits per heavy atom. The van der Waals surface area contributed by atoms with Gasteiger partial charge in [-0.2, -0.15) is 0 Å². The van der Waals surface area contributed by atoms with Gasteiger partial charge in [0.25, 0.3) is 0 Å². The molecule has 1 aromatic carbocycles. The Balaban J connectivity index is 1.35. The van der Waals surface area contributed by atoms with E-state index in [2.05, 4.69) is 20.8 Å². The number of rotatable bonds is 6. The minimum atomic E-state index is -0.432. The van der Waals surface area contributed by atoms with Gasteiger partial charge in [-0.25, -0.2) is 4.79 Å². The molecule has 0 unspecified atom stereocenters. The normalized spacial score (nSPS) is 19.4. The maximum Gasteiger partial charge on any atom is 0.343 e. The van der Waals surface area contributed by atoms with Crippen molar-refractivity contribution in [3.63, 3.8) is 0 Å². The summed E-state index contributed by atoms with van der Waals surface area (Å²) in [5.74, 6) is 0.113. The zero-order valence-corrected chi connectivity index (χ0v) is 18.8. The van der Waals surface area contributed by atoms with Crippen LogP contribution in [0.3, 0.4) is 0 Å². The molecule has 2 saturated heterocycles. The fourth-order valence-electron chi connectivity index (χ4n) is 4.55. The molecule has 1 aromatic heterocycles. The van der Waals surface area contributed by atoms with Gasteiger partial charge in [-0.15, -0.1) is 0 Å². The van der Waals surface area contributed by atoms with Crippen LogP contribution in [0.15, 0.2) is 39.7 Å². The van der Waals surface area contributed by atoms with Gasteiger partial charge in [-0.3, -0.25) is 14.7 Å². The van der Waals surface area contributed by atoms with Crippen LogP contribution in [0.4, 0.5) is 0 Å². The van der Waals surface area contributed by atoms with Gasteiger partial charge in [0, 0.05) is 56.4 Å². The van der Waals surface area contributed by atoms with Crippen LogP contribution in [-0.2, 0) is 19.6 Å². The van der Waals surface area contributed by atoms with E-state index in [1.807, 2.05) is 18.2 Å². The van der Waals surface area contributed by atoms with Crippen LogP contribution in [0.1, 0.15) is 42.4 Å². The van der Waals surface area contributed by atoms with Crippen LogP contribution in [0, 0.1) is 0 Å². The van der Waals surface area contributed by atoms with E-state index in [-0.39, 0.29) is 5.75 Å². The summed E-state index contributed by atoms with van der Waals surface area (Å²) < 4.78 is 5.30. The molecular weight excluding hydrogens is 414 g/mol. The molecule has 7 heteroatoms. The van der Waals surface area contributed by atoms with E-state index in [0.29, 0.717) is 18.7 Å². The standard InChI is InChI=1S/C24H32ClN3O3/c25-21-7-5-6-19(14-21)15-27-10-12-28(13-11-27)17-22-23(29)20(18-31-24(22)30)16-26-8-3-1-2-4-9-26/h5-7,14,18,29H,1-4,8-13,15-17H2. The molecule has 2 aliphatic heterocycles. The van der Waals surface area contributed by atoms with E-state index in [4.69, 9.17) is 16.0 Å². The lowest BCUT2D eigenvalue weighted by Gasteiger charge is -2.34. The first-order chi connectivity index (χ1) is 15.1. The topological polar surface area (TPSA) is 60.2 Å². The second-order valence-corrected chi connectivity index (χ2v) is 9.18. The lowest BCUT2D eigenvalue weighted by molar-refractivity contribution is 0.120. The van der Waals surface area contributed by atoms with Crippen LogP contribution in [-0.4, -0.2) is 59.1 Å². The van der Waals surface area contributed by atoms with Crippen molar-refractivity contribution in [3.05, 3.63) is 62.7 Å². The Labute approximate surface area is 189 Å².